The van der Waals surface area contributed by atoms with Crippen LogP contribution in [0.1, 0.15) is 5.82 Å². The van der Waals surface area contributed by atoms with Crippen LogP contribution in [-0.4, -0.2) is 17.6 Å². The van der Waals surface area contributed by atoms with E-state index in [1.807, 2.05) is 23.9 Å². The topological polar surface area (TPSA) is 31.0 Å². The zero-order valence-corrected chi connectivity index (χ0v) is 31.7. The van der Waals surface area contributed by atoms with Crippen molar-refractivity contribution >= 4 is 73.6 Å². The van der Waals surface area contributed by atoms with Gasteiger partial charge in [-0.1, -0.05) is 152 Å². The highest BCUT2D eigenvalue weighted by Gasteiger charge is 2.41. The fraction of sp³-hybridized carbons (Fsp3) is 0.0200. The van der Waals surface area contributed by atoms with Crippen molar-refractivity contribution in [3.63, 3.8) is 0 Å². The average Bonchev–Trinajstić information content (AvgIpc) is 3.83. The van der Waals surface area contributed by atoms with Crippen molar-refractivity contribution in [3.05, 3.63) is 200 Å². The first-order valence-corrected chi connectivity index (χ1v) is 21.7. The third-order valence-corrected chi connectivity index (χ3v) is 17.0. The zero-order chi connectivity index (χ0) is 36.3. The Morgan fingerprint density at radius 1 is 0.473 bits per heavy atom. The van der Waals surface area contributed by atoms with Gasteiger partial charge in [0.2, 0.25) is 0 Å². The van der Waals surface area contributed by atoms with Gasteiger partial charge in [-0.2, -0.15) is 0 Å². The lowest BCUT2D eigenvalue weighted by molar-refractivity contribution is 0.669. The van der Waals surface area contributed by atoms with Crippen molar-refractivity contribution < 1.29 is 4.42 Å². The monoisotopic (exact) mass is 738 g/mol. The molecule has 0 saturated carbocycles. The first kappa shape index (κ1) is 32.1. The normalized spacial score (nSPS) is 12.6. The molecule has 260 valence electrons. The number of nitrogens with zero attached hydrogens (tertiary/aromatic N) is 2. The number of rotatable bonds is 6. The summed E-state index contributed by atoms with van der Waals surface area (Å²) in [6.07, 6.45) is 0. The molecule has 2 aromatic heterocycles. The number of fused-ring (bicyclic) bond motifs is 8. The lowest BCUT2D eigenvalue weighted by Crippen LogP contribution is -2.74. The summed E-state index contributed by atoms with van der Waals surface area (Å²) < 4.78 is 8.54. The largest absolute Gasteiger partial charge is 0.456 e. The van der Waals surface area contributed by atoms with Crippen molar-refractivity contribution in [2.75, 3.05) is 0 Å². The minimum atomic E-state index is -2.86. The van der Waals surface area contributed by atoms with Crippen LogP contribution in [0, 0.1) is 0 Å². The Labute approximate surface area is 324 Å². The van der Waals surface area contributed by atoms with Crippen LogP contribution in [0.4, 0.5) is 0 Å². The fourth-order valence-corrected chi connectivity index (χ4v) is 14.5. The lowest BCUT2D eigenvalue weighted by atomic mass is 10.0. The lowest BCUT2D eigenvalue weighted by Gasteiger charge is -2.35. The standard InChI is InChI=1S/C50H34N2OSSi/c1-3-15-38(16-4-1)55(39-17-5-2-6-18-39,40-19-11-13-34(29-40)36-26-28-48-43(31-36)42-21-7-9-23-47(42)53-48)41-20-12-14-35(30-41)37-25-27-45-44(32-37)51-50-33-54-49-24-10-8-22-46(49)52(45)50/h1-32H,33H2. The molecule has 0 saturated heterocycles. The van der Waals surface area contributed by atoms with Crippen LogP contribution >= 0.6 is 11.8 Å². The predicted molar refractivity (Wildman–Crippen MR) is 232 cm³/mol. The van der Waals surface area contributed by atoms with E-state index in [1.54, 1.807) is 0 Å². The van der Waals surface area contributed by atoms with Crippen LogP contribution in [0.25, 0.3) is 60.9 Å². The molecule has 8 aromatic carbocycles. The number of hydrogen-bond donors (Lipinski definition) is 0. The van der Waals surface area contributed by atoms with E-state index in [0.717, 1.165) is 44.5 Å². The Bertz CT molecular complexity index is 3020. The first-order chi connectivity index (χ1) is 27.2. The zero-order valence-electron chi connectivity index (χ0n) is 29.9. The van der Waals surface area contributed by atoms with Gasteiger partial charge in [-0.25, -0.2) is 4.98 Å². The molecule has 0 aliphatic carbocycles. The molecule has 5 heteroatoms. The van der Waals surface area contributed by atoms with Crippen LogP contribution in [-0.2, 0) is 5.75 Å². The number of thioether (sulfide) groups is 1. The summed E-state index contributed by atoms with van der Waals surface area (Å²) >= 11 is 1.86. The highest BCUT2D eigenvalue weighted by Crippen LogP contribution is 2.38. The summed E-state index contributed by atoms with van der Waals surface area (Å²) in [5.41, 5.74) is 9.95. The third-order valence-electron chi connectivity index (χ3n) is 11.2. The Morgan fingerprint density at radius 3 is 1.80 bits per heavy atom. The number of imidazole rings is 1. The molecule has 1 aliphatic rings. The molecule has 55 heavy (non-hydrogen) atoms. The Morgan fingerprint density at radius 2 is 1.05 bits per heavy atom. The highest BCUT2D eigenvalue weighted by molar-refractivity contribution is 7.98. The first-order valence-electron chi connectivity index (χ1n) is 18.7. The van der Waals surface area contributed by atoms with Crippen molar-refractivity contribution in [2.24, 2.45) is 0 Å². The highest BCUT2D eigenvalue weighted by atomic mass is 32.2. The van der Waals surface area contributed by atoms with E-state index in [4.69, 9.17) is 9.40 Å². The number of hydrogen-bond acceptors (Lipinski definition) is 3. The van der Waals surface area contributed by atoms with Gasteiger partial charge in [-0.15, -0.1) is 11.8 Å². The molecule has 0 fully saturated rings. The van der Waals surface area contributed by atoms with Gasteiger partial charge in [0.25, 0.3) is 0 Å². The van der Waals surface area contributed by atoms with E-state index in [9.17, 15) is 0 Å². The molecule has 0 N–H and O–H groups in total. The quantitative estimate of drug-likeness (QED) is 0.126. The number of aromatic nitrogens is 2. The maximum Gasteiger partial charge on any atom is 0.179 e. The van der Waals surface area contributed by atoms with Crippen molar-refractivity contribution in [3.8, 4) is 27.9 Å². The Hall–Kier alpha value is -6.40. The van der Waals surface area contributed by atoms with Crippen molar-refractivity contribution in [2.45, 2.75) is 10.6 Å². The number of furan rings is 1. The van der Waals surface area contributed by atoms with Crippen LogP contribution in [0.15, 0.2) is 203 Å². The molecule has 1 aliphatic heterocycles. The maximum absolute atomic E-state index is 6.20. The summed E-state index contributed by atoms with van der Waals surface area (Å²) in [6, 6.07) is 71.3. The molecular formula is C50H34N2OSSi. The van der Waals surface area contributed by atoms with Crippen molar-refractivity contribution in [1.29, 1.82) is 0 Å². The van der Waals surface area contributed by atoms with E-state index < -0.39 is 8.07 Å². The van der Waals surface area contributed by atoms with E-state index >= 15 is 0 Å². The van der Waals surface area contributed by atoms with E-state index in [1.165, 1.54) is 53.6 Å². The molecule has 0 atom stereocenters. The molecule has 10 aromatic rings. The van der Waals surface area contributed by atoms with E-state index in [0.29, 0.717) is 0 Å². The number of para-hydroxylation sites is 2. The minimum absolute atomic E-state index is 0.865. The van der Waals surface area contributed by atoms with Gasteiger partial charge in [0.05, 0.1) is 22.5 Å². The smallest absolute Gasteiger partial charge is 0.179 e. The summed E-state index contributed by atoms with van der Waals surface area (Å²) in [5, 5.41) is 7.65. The Balaban J connectivity index is 1.10. The second kappa shape index (κ2) is 12.9. The number of benzene rings is 8. The summed E-state index contributed by atoms with van der Waals surface area (Å²) in [6.45, 7) is 0. The second-order valence-electron chi connectivity index (χ2n) is 14.3. The fourth-order valence-electron chi connectivity index (χ4n) is 8.73. The van der Waals surface area contributed by atoms with Crippen LogP contribution in [0.5, 0.6) is 0 Å². The summed E-state index contributed by atoms with van der Waals surface area (Å²) in [7, 11) is -2.86. The average molecular weight is 739 g/mol. The van der Waals surface area contributed by atoms with E-state index in [-0.39, 0.29) is 0 Å². The van der Waals surface area contributed by atoms with Crippen LogP contribution < -0.4 is 20.7 Å². The van der Waals surface area contributed by atoms with Gasteiger partial charge in [0, 0.05) is 15.7 Å². The predicted octanol–water partition coefficient (Wildman–Crippen LogP) is 10.2. The molecule has 11 rings (SSSR count). The summed E-state index contributed by atoms with van der Waals surface area (Å²) in [5.74, 6) is 1.97. The second-order valence-corrected chi connectivity index (χ2v) is 19.1. The van der Waals surface area contributed by atoms with Gasteiger partial charge in [0.15, 0.2) is 8.07 Å². The minimum Gasteiger partial charge on any atom is -0.456 e. The SMILES string of the molecule is c1ccc([Si](c2ccccc2)(c2cccc(-c3ccc4c(c3)nc3n4-c4ccccc4SC3)c2)c2cccc(-c3ccc4oc5ccccc5c4c3)c2)cc1. The molecule has 0 unspecified atom stereocenters. The molecule has 3 nitrogen and oxygen atoms in total. The van der Waals surface area contributed by atoms with E-state index in [2.05, 4.69) is 187 Å². The molecule has 3 heterocycles. The molecular weight excluding hydrogens is 705 g/mol. The molecule has 0 radical (unpaired) electrons. The van der Waals surface area contributed by atoms with Gasteiger partial charge in [-0.3, -0.25) is 4.57 Å². The summed E-state index contributed by atoms with van der Waals surface area (Å²) in [4.78, 5) is 6.47. The van der Waals surface area contributed by atoms with Gasteiger partial charge >= 0.3 is 0 Å². The molecule has 0 amide bonds. The van der Waals surface area contributed by atoms with Gasteiger partial charge in [0.1, 0.15) is 17.0 Å². The third kappa shape index (κ3) is 5.15. The van der Waals surface area contributed by atoms with Gasteiger partial charge in [-0.05, 0) is 85.5 Å². The van der Waals surface area contributed by atoms with Gasteiger partial charge < -0.3 is 4.42 Å². The Kier molecular flexibility index (Phi) is 7.51. The maximum atomic E-state index is 6.20. The van der Waals surface area contributed by atoms with Crippen molar-refractivity contribution in [1.82, 2.24) is 9.55 Å². The molecule has 0 bridgehead atoms. The molecule has 0 spiro atoms. The van der Waals surface area contributed by atoms with Crippen LogP contribution in [0.2, 0.25) is 0 Å². The van der Waals surface area contributed by atoms with Crippen LogP contribution in [0.3, 0.4) is 0 Å².